The summed E-state index contributed by atoms with van der Waals surface area (Å²) < 4.78 is 0. The molecule has 1 aromatic heterocycles. The Hall–Kier alpha value is -3.99. The Balaban J connectivity index is 1.50. The number of nitrogens with one attached hydrogen (secondary N) is 2. The lowest BCUT2D eigenvalue weighted by Crippen LogP contribution is -2.15. The quantitative estimate of drug-likeness (QED) is 0.547. The number of hydrogen-bond donors (Lipinski definition) is 2. The van der Waals surface area contributed by atoms with Gasteiger partial charge in [0.05, 0.1) is 5.52 Å². The van der Waals surface area contributed by atoms with Crippen LogP contribution in [0.3, 0.4) is 0 Å². The fraction of sp³-hybridized carbons (Fsp3) is 0. The van der Waals surface area contributed by atoms with Gasteiger partial charge in [0.2, 0.25) is 0 Å². The fourth-order valence-electron chi connectivity index (χ4n) is 2.86. The van der Waals surface area contributed by atoms with Gasteiger partial charge in [-0.15, -0.1) is 0 Å². The third-order valence-corrected chi connectivity index (χ3v) is 4.26. The summed E-state index contributed by atoms with van der Waals surface area (Å²) in [5.41, 5.74) is 2.34. The van der Waals surface area contributed by atoms with E-state index in [1.165, 1.54) is 0 Å². The van der Waals surface area contributed by atoms with Gasteiger partial charge in [0.15, 0.2) is 0 Å². The van der Waals surface area contributed by atoms with Crippen molar-refractivity contribution in [2.75, 3.05) is 10.6 Å². The molecular weight excluding hydrogens is 350 g/mol. The molecular formula is C23H17N3O2. The first-order valence-electron chi connectivity index (χ1n) is 8.83. The summed E-state index contributed by atoms with van der Waals surface area (Å²) in [4.78, 5) is 29.3. The molecule has 5 nitrogen and oxygen atoms in total. The Morgan fingerprint density at radius 2 is 1.36 bits per heavy atom. The molecule has 2 N–H and O–H groups in total. The number of carbonyl (C=O) groups is 2. The summed E-state index contributed by atoms with van der Waals surface area (Å²) in [6.07, 6.45) is 0. The highest BCUT2D eigenvalue weighted by Crippen LogP contribution is 2.17. The van der Waals surface area contributed by atoms with Crippen molar-refractivity contribution in [3.8, 4) is 0 Å². The van der Waals surface area contributed by atoms with Crippen molar-refractivity contribution < 1.29 is 9.59 Å². The van der Waals surface area contributed by atoms with Gasteiger partial charge in [-0.25, -0.2) is 4.98 Å². The SMILES string of the molecule is O=C(Nc1cccc(C(=O)Nc2ccc3ccccc3n2)c1)c1ccccc1. The summed E-state index contributed by atoms with van der Waals surface area (Å²) in [6, 6.07) is 27.1. The zero-order chi connectivity index (χ0) is 19.3. The lowest BCUT2D eigenvalue weighted by molar-refractivity contribution is 0.101. The molecule has 0 spiro atoms. The van der Waals surface area contributed by atoms with Crippen LogP contribution in [0, 0.1) is 0 Å². The number of amides is 2. The average molecular weight is 367 g/mol. The number of anilines is 2. The van der Waals surface area contributed by atoms with Gasteiger partial charge in [0.25, 0.3) is 11.8 Å². The molecule has 28 heavy (non-hydrogen) atoms. The Kier molecular flexibility index (Phi) is 4.80. The molecule has 0 aliphatic heterocycles. The van der Waals surface area contributed by atoms with E-state index in [-0.39, 0.29) is 11.8 Å². The van der Waals surface area contributed by atoms with Crippen molar-refractivity contribution in [1.29, 1.82) is 0 Å². The smallest absolute Gasteiger partial charge is 0.256 e. The molecule has 3 aromatic carbocycles. The Bertz CT molecular complexity index is 1160. The van der Waals surface area contributed by atoms with Crippen molar-refractivity contribution in [2.24, 2.45) is 0 Å². The van der Waals surface area contributed by atoms with Crippen molar-refractivity contribution in [1.82, 2.24) is 4.98 Å². The molecule has 1 heterocycles. The number of nitrogens with zero attached hydrogens (tertiary/aromatic N) is 1. The van der Waals surface area contributed by atoms with Crippen LogP contribution >= 0.6 is 0 Å². The molecule has 5 heteroatoms. The summed E-state index contributed by atoms with van der Waals surface area (Å²) in [5.74, 6) is -0.0460. The summed E-state index contributed by atoms with van der Waals surface area (Å²) >= 11 is 0. The van der Waals surface area contributed by atoms with E-state index in [1.807, 2.05) is 36.4 Å². The van der Waals surface area contributed by atoms with Crippen molar-refractivity contribution in [3.05, 3.63) is 102 Å². The van der Waals surface area contributed by atoms with E-state index in [9.17, 15) is 9.59 Å². The van der Waals surface area contributed by atoms with E-state index < -0.39 is 0 Å². The lowest BCUT2D eigenvalue weighted by Gasteiger charge is -2.09. The standard InChI is InChI=1S/C23H17N3O2/c27-22(17-8-2-1-3-9-17)24-19-11-6-10-18(15-19)23(28)26-21-14-13-16-7-4-5-12-20(16)25-21/h1-15H,(H,24,27)(H,25,26,28). The van der Waals surface area contributed by atoms with Crippen molar-refractivity contribution in [3.63, 3.8) is 0 Å². The second kappa shape index (κ2) is 7.72. The first-order valence-corrected chi connectivity index (χ1v) is 8.83. The third-order valence-electron chi connectivity index (χ3n) is 4.26. The maximum Gasteiger partial charge on any atom is 0.256 e. The maximum atomic E-state index is 12.6. The molecule has 136 valence electrons. The maximum absolute atomic E-state index is 12.6. The molecule has 4 aromatic rings. The largest absolute Gasteiger partial charge is 0.322 e. The monoisotopic (exact) mass is 367 g/mol. The molecule has 0 fully saturated rings. The van der Waals surface area contributed by atoms with Gasteiger partial charge in [-0.3, -0.25) is 9.59 Å². The Labute approximate surface area is 162 Å². The fourth-order valence-corrected chi connectivity index (χ4v) is 2.86. The van der Waals surface area contributed by atoms with Gasteiger partial charge >= 0.3 is 0 Å². The molecule has 4 rings (SSSR count). The topological polar surface area (TPSA) is 71.1 Å². The minimum Gasteiger partial charge on any atom is -0.322 e. The minimum atomic E-state index is -0.293. The van der Waals surface area contributed by atoms with Gasteiger partial charge in [0.1, 0.15) is 5.82 Å². The van der Waals surface area contributed by atoms with Crippen LogP contribution in [0.15, 0.2) is 91.0 Å². The number of benzene rings is 3. The number of fused-ring (bicyclic) bond motifs is 1. The second-order valence-corrected chi connectivity index (χ2v) is 6.24. The van der Waals surface area contributed by atoms with E-state index in [0.29, 0.717) is 22.6 Å². The molecule has 0 saturated heterocycles. The lowest BCUT2D eigenvalue weighted by atomic mass is 10.1. The van der Waals surface area contributed by atoms with Crippen LogP contribution in [-0.4, -0.2) is 16.8 Å². The third kappa shape index (κ3) is 3.88. The molecule has 0 radical (unpaired) electrons. The molecule has 0 aliphatic carbocycles. The summed E-state index contributed by atoms with van der Waals surface area (Å²) in [7, 11) is 0. The van der Waals surface area contributed by atoms with Gasteiger partial charge in [-0.1, -0.05) is 42.5 Å². The predicted molar refractivity (Wildman–Crippen MR) is 111 cm³/mol. The van der Waals surface area contributed by atoms with Crippen LogP contribution in [0.4, 0.5) is 11.5 Å². The molecule has 0 aliphatic rings. The van der Waals surface area contributed by atoms with E-state index in [4.69, 9.17) is 0 Å². The molecule has 0 unspecified atom stereocenters. The number of carbonyl (C=O) groups excluding carboxylic acids is 2. The summed E-state index contributed by atoms with van der Waals surface area (Å²) in [5, 5.41) is 6.61. The number of hydrogen-bond acceptors (Lipinski definition) is 3. The van der Waals surface area contributed by atoms with E-state index in [1.54, 1.807) is 54.6 Å². The van der Waals surface area contributed by atoms with Crippen LogP contribution in [0.2, 0.25) is 0 Å². The van der Waals surface area contributed by atoms with Gasteiger partial charge in [-0.05, 0) is 48.5 Å². The second-order valence-electron chi connectivity index (χ2n) is 6.24. The molecule has 0 bridgehead atoms. The Morgan fingerprint density at radius 1 is 0.643 bits per heavy atom. The first kappa shape index (κ1) is 17.4. The van der Waals surface area contributed by atoms with Crippen LogP contribution in [0.25, 0.3) is 10.9 Å². The summed E-state index contributed by atoms with van der Waals surface area (Å²) in [6.45, 7) is 0. The van der Waals surface area contributed by atoms with Crippen LogP contribution in [0.1, 0.15) is 20.7 Å². The van der Waals surface area contributed by atoms with E-state index in [0.717, 1.165) is 10.9 Å². The van der Waals surface area contributed by atoms with Crippen molar-refractivity contribution in [2.45, 2.75) is 0 Å². The minimum absolute atomic E-state index is 0.227. The van der Waals surface area contributed by atoms with Crippen LogP contribution in [-0.2, 0) is 0 Å². The number of rotatable bonds is 4. The highest BCUT2D eigenvalue weighted by atomic mass is 16.2. The number of aromatic nitrogens is 1. The number of para-hydroxylation sites is 1. The van der Waals surface area contributed by atoms with Crippen molar-refractivity contribution >= 4 is 34.2 Å². The molecule has 2 amide bonds. The van der Waals surface area contributed by atoms with Gasteiger partial charge in [0, 0.05) is 22.2 Å². The highest BCUT2D eigenvalue weighted by molar-refractivity contribution is 6.07. The highest BCUT2D eigenvalue weighted by Gasteiger charge is 2.10. The number of pyridine rings is 1. The zero-order valence-electron chi connectivity index (χ0n) is 14.9. The van der Waals surface area contributed by atoms with Gasteiger partial charge < -0.3 is 10.6 Å². The van der Waals surface area contributed by atoms with Crippen LogP contribution < -0.4 is 10.6 Å². The first-order chi connectivity index (χ1) is 13.7. The van der Waals surface area contributed by atoms with Gasteiger partial charge in [-0.2, -0.15) is 0 Å². The molecule has 0 atom stereocenters. The average Bonchev–Trinajstić information content (AvgIpc) is 2.74. The molecule has 0 saturated carbocycles. The van der Waals surface area contributed by atoms with E-state index in [2.05, 4.69) is 15.6 Å². The van der Waals surface area contributed by atoms with E-state index >= 15 is 0 Å². The predicted octanol–water partition coefficient (Wildman–Crippen LogP) is 4.74. The zero-order valence-corrected chi connectivity index (χ0v) is 14.9. The normalized spacial score (nSPS) is 10.4. The Morgan fingerprint density at radius 3 is 2.21 bits per heavy atom. The van der Waals surface area contributed by atoms with Crippen LogP contribution in [0.5, 0.6) is 0 Å².